The molecule has 0 aliphatic carbocycles. The normalized spacial score (nSPS) is 17.4. The number of nitrogens with zero attached hydrogens (tertiary/aromatic N) is 1. The van der Waals surface area contributed by atoms with E-state index in [1.165, 1.54) is 0 Å². The van der Waals surface area contributed by atoms with Crippen molar-refractivity contribution in [1.29, 1.82) is 0 Å². The van der Waals surface area contributed by atoms with E-state index in [9.17, 15) is 0 Å². The van der Waals surface area contributed by atoms with E-state index in [1.807, 2.05) is 0 Å². The molecule has 0 amide bonds. The second-order valence-electron chi connectivity index (χ2n) is 5.01. The molecule has 1 atom stereocenters. The Bertz CT molecular complexity index is 287. The maximum atomic E-state index is 6.13. The largest absolute Gasteiger partial charge is 0.387 e. The average molecular weight is 222 g/mol. The summed E-state index contributed by atoms with van der Waals surface area (Å²) in [7, 11) is 0. The number of hydrogen-bond acceptors (Lipinski definition) is 1. The molecule has 0 aliphatic heterocycles. The molecular weight excluding hydrogens is 196 g/mol. The molecule has 92 valence electrons. The second-order valence-corrected chi connectivity index (χ2v) is 5.01. The highest BCUT2D eigenvalue weighted by Gasteiger charge is 2.41. The van der Waals surface area contributed by atoms with Crippen LogP contribution >= 0.6 is 0 Å². The van der Waals surface area contributed by atoms with Crippen molar-refractivity contribution in [2.45, 2.75) is 47.5 Å². The summed E-state index contributed by atoms with van der Waals surface area (Å²) in [5, 5.41) is 0. The van der Waals surface area contributed by atoms with E-state index in [0.717, 1.165) is 12.8 Å². The Kier molecular flexibility index (Phi) is 5.49. The van der Waals surface area contributed by atoms with Crippen LogP contribution in [-0.2, 0) is 0 Å². The minimum absolute atomic E-state index is 0.0622. The number of nitrogens with two attached hydrogens (primary N) is 1. The van der Waals surface area contributed by atoms with Crippen LogP contribution < -0.4 is 5.73 Å². The summed E-state index contributed by atoms with van der Waals surface area (Å²) in [5.74, 6) is 0.708. The van der Waals surface area contributed by atoms with E-state index >= 15 is 0 Å². The number of aliphatic imine (C=N–C) groups is 1. The molecule has 2 nitrogen and oxygen atoms in total. The lowest BCUT2D eigenvalue weighted by molar-refractivity contribution is 0.152. The van der Waals surface area contributed by atoms with Gasteiger partial charge in [-0.1, -0.05) is 53.7 Å². The molecule has 0 aliphatic rings. The molecule has 16 heavy (non-hydrogen) atoms. The zero-order valence-electron chi connectivity index (χ0n) is 11.4. The molecule has 0 aromatic carbocycles. The molecule has 0 rings (SSSR count). The predicted octanol–water partition coefficient (Wildman–Crippen LogP) is 3.90. The first-order valence-electron chi connectivity index (χ1n) is 5.97. The van der Waals surface area contributed by atoms with E-state index in [4.69, 9.17) is 5.73 Å². The number of rotatable bonds is 6. The van der Waals surface area contributed by atoms with Gasteiger partial charge in [0.25, 0.3) is 0 Å². The zero-order chi connectivity index (χ0) is 12.8. The molecular formula is C14H26N2. The molecule has 0 saturated heterocycles. The Balaban J connectivity index is 5.17. The van der Waals surface area contributed by atoms with Crippen LogP contribution in [0.15, 0.2) is 29.9 Å². The number of amidine groups is 1. The van der Waals surface area contributed by atoms with Crippen LogP contribution in [0, 0.1) is 10.8 Å². The molecule has 2 N–H and O–H groups in total. The maximum absolute atomic E-state index is 6.13. The molecule has 0 radical (unpaired) electrons. The van der Waals surface area contributed by atoms with Crippen LogP contribution in [0.5, 0.6) is 0 Å². The van der Waals surface area contributed by atoms with Gasteiger partial charge in [-0.25, -0.2) is 4.99 Å². The van der Waals surface area contributed by atoms with Gasteiger partial charge < -0.3 is 5.73 Å². The highest BCUT2D eigenvalue weighted by Crippen LogP contribution is 2.44. The van der Waals surface area contributed by atoms with Gasteiger partial charge in [0.05, 0.1) is 0 Å². The smallest absolute Gasteiger partial charge is 0.105 e. The van der Waals surface area contributed by atoms with Crippen molar-refractivity contribution < 1.29 is 0 Å². The van der Waals surface area contributed by atoms with Gasteiger partial charge in [-0.2, -0.15) is 0 Å². The van der Waals surface area contributed by atoms with Crippen LogP contribution in [0.2, 0.25) is 0 Å². The van der Waals surface area contributed by atoms with Crippen molar-refractivity contribution in [1.82, 2.24) is 0 Å². The maximum Gasteiger partial charge on any atom is 0.105 e. The summed E-state index contributed by atoms with van der Waals surface area (Å²) >= 11 is 0. The van der Waals surface area contributed by atoms with Gasteiger partial charge in [0, 0.05) is 11.6 Å². The van der Waals surface area contributed by atoms with E-state index < -0.39 is 0 Å². The van der Waals surface area contributed by atoms with Gasteiger partial charge in [-0.15, -0.1) is 0 Å². The highest BCUT2D eigenvalue weighted by molar-refractivity contribution is 5.87. The standard InChI is InChI=1S/C14H26N2/c1-7-10-11-16-12(15)14(6,9-3)13(4,5)8-2/h7,10-11H,1,8-9H2,2-6H3,(H2,15,16)/b11-10-. The van der Waals surface area contributed by atoms with E-state index in [1.54, 1.807) is 18.4 Å². The summed E-state index contributed by atoms with van der Waals surface area (Å²) in [4.78, 5) is 4.31. The van der Waals surface area contributed by atoms with Crippen LogP contribution in [0.1, 0.15) is 47.5 Å². The average Bonchev–Trinajstić information content (AvgIpc) is 2.27. The third-order valence-electron chi connectivity index (χ3n) is 4.09. The number of allylic oxidation sites excluding steroid dienone is 2. The zero-order valence-corrected chi connectivity index (χ0v) is 11.4. The molecule has 0 fully saturated rings. The summed E-state index contributed by atoms with van der Waals surface area (Å²) in [6.07, 6.45) is 7.28. The monoisotopic (exact) mass is 222 g/mol. The van der Waals surface area contributed by atoms with Crippen LogP contribution in [0.25, 0.3) is 0 Å². The Morgan fingerprint density at radius 1 is 1.25 bits per heavy atom. The minimum atomic E-state index is -0.0622. The Morgan fingerprint density at radius 2 is 1.81 bits per heavy atom. The Hall–Kier alpha value is -1.05. The van der Waals surface area contributed by atoms with Crippen molar-refractivity contribution in [3.63, 3.8) is 0 Å². The van der Waals surface area contributed by atoms with Crippen molar-refractivity contribution in [3.8, 4) is 0 Å². The van der Waals surface area contributed by atoms with Crippen molar-refractivity contribution in [2.24, 2.45) is 21.6 Å². The topological polar surface area (TPSA) is 38.4 Å². The van der Waals surface area contributed by atoms with E-state index in [2.05, 4.69) is 46.2 Å². The SMILES string of the molecule is C=C/C=C\N=C(N)C(C)(CC)C(C)(C)CC. The van der Waals surface area contributed by atoms with Crippen molar-refractivity contribution >= 4 is 5.84 Å². The summed E-state index contributed by atoms with van der Waals surface area (Å²) < 4.78 is 0. The van der Waals surface area contributed by atoms with Gasteiger partial charge in [0.1, 0.15) is 5.84 Å². The lowest BCUT2D eigenvalue weighted by atomic mass is 9.63. The third-order valence-corrected chi connectivity index (χ3v) is 4.09. The predicted molar refractivity (Wildman–Crippen MR) is 73.4 cm³/mol. The van der Waals surface area contributed by atoms with Crippen LogP contribution in [0.4, 0.5) is 0 Å². The number of hydrogen-bond donors (Lipinski definition) is 1. The Labute approximate surface area is 100 Å². The summed E-state index contributed by atoms with van der Waals surface area (Å²) in [5.41, 5.74) is 6.22. The fraction of sp³-hybridized carbons (Fsp3) is 0.643. The van der Waals surface area contributed by atoms with Crippen LogP contribution in [0.3, 0.4) is 0 Å². The van der Waals surface area contributed by atoms with Gasteiger partial charge in [-0.05, 0) is 17.9 Å². The molecule has 0 bridgehead atoms. The first kappa shape index (κ1) is 14.9. The van der Waals surface area contributed by atoms with Gasteiger partial charge >= 0.3 is 0 Å². The summed E-state index contributed by atoms with van der Waals surface area (Å²) in [6, 6.07) is 0. The van der Waals surface area contributed by atoms with Gasteiger partial charge in [0.2, 0.25) is 0 Å². The Morgan fingerprint density at radius 3 is 2.19 bits per heavy atom. The molecule has 0 aromatic heterocycles. The minimum Gasteiger partial charge on any atom is -0.387 e. The first-order chi connectivity index (χ1) is 7.35. The van der Waals surface area contributed by atoms with Crippen molar-refractivity contribution in [3.05, 3.63) is 24.9 Å². The molecule has 0 spiro atoms. The molecule has 0 saturated carbocycles. The van der Waals surface area contributed by atoms with E-state index in [-0.39, 0.29) is 10.8 Å². The van der Waals surface area contributed by atoms with Gasteiger partial charge in [0.15, 0.2) is 0 Å². The first-order valence-corrected chi connectivity index (χ1v) is 5.97. The van der Waals surface area contributed by atoms with Crippen LogP contribution in [-0.4, -0.2) is 5.84 Å². The fourth-order valence-electron chi connectivity index (χ4n) is 1.72. The van der Waals surface area contributed by atoms with Gasteiger partial charge in [-0.3, -0.25) is 0 Å². The third kappa shape index (κ3) is 2.97. The molecule has 2 heteroatoms. The fourth-order valence-corrected chi connectivity index (χ4v) is 1.72. The quantitative estimate of drug-likeness (QED) is 0.413. The lowest BCUT2D eigenvalue weighted by Crippen LogP contribution is -2.45. The lowest BCUT2D eigenvalue weighted by Gasteiger charge is -2.43. The second kappa shape index (κ2) is 5.88. The molecule has 0 heterocycles. The summed E-state index contributed by atoms with van der Waals surface area (Å²) in [6.45, 7) is 14.7. The van der Waals surface area contributed by atoms with Crippen molar-refractivity contribution in [2.75, 3.05) is 0 Å². The molecule has 1 unspecified atom stereocenters. The highest BCUT2D eigenvalue weighted by atomic mass is 14.9. The van der Waals surface area contributed by atoms with E-state index in [0.29, 0.717) is 5.84 Å². The molecule has 0 aromatic rings.